The van der Waals surface area contributed by atoms with Crippen LogP contribution in [0.3, 0.4) is 0 Å². The third-order valence-corrected chi connectivity index (χ3v) is 5.63. The van der Waals surface area contributed by atoms with Crippen LogP contribution in [0, 0.1) is 6.92 Å². The number of hydrogen-bond acceptors (Lipinski definition) is 2. The minimum Gasteiger partial charge on any atom is -0.597 e. The van der Waals surface area contributed by atoms with E-state index >= 15 is 0 Å². The van der Waals surface area contributed by atoms with Gasteiger partial charge >= 0.3 is 6.18 Å². The van der Waals surface area contributed by atoms with Gasteiger partial charge in [-0.1, -0.05) is 28.1 Å². The third kappa shape index (κ3) is 4.61. The molecule has 0 fully saturated rings. The zero-order chi connectivity index (χ0) is 16.6. The fourth-order valence-electron chi connectivity index (χ4n) is 1.97. The molecule has 0 saturated heterocycles. The van der Waals surface area contributed by atoms with Gasteiger partial charge in [0.2, 0.25) is 0 Å². The smallest absolute Gasteiger partial charge is 0.412 e. The fourth-order valence-corrected chi connectivity index (χ4v) is 3.51. The van der Waals surface area contributed by atoms with Gasteiger partial charge in [-0.15, -0.1) is 4.31 Å². The van der Waals surface area contributed by atoms with E-state index in [0.717, 1.165) is 8.78 Å². The predicted molar refractivity (Wildman–Crippen MR) is 83.3 cm³/mol. The normalized spacial score (nSPS) is 16.1. The SMILES string of the molecule is Cc1cc([C@H](N(C)[S+]([O-])C(C)(C)C)C(F)(F)F)ccc1Br. The fraction of sp³-hybridized carbons (Fsp3) is 0.571. The maximum Gasteiger partial charge on any atom is 0.412 e. The van der Waals surface area contributed by atoms with Gasteiger partial charge < -0.3 is 4.55 Å². The molecule has 21 heavy (non-hydrogen) atoms. The van der Waals surface area contributed by atoms with Crippen LogP contribution in [0.25, 0.3) is 0 Å². The van der Waals surface area contributed by atoms with Crippen molar-refractivity contribution in [3.63, 3.8) is 0 Å². The second-order valence-corrected chi connectivity index (χ2v) is 9.01. The van der Waals surface area contributed by atoms with Gasteiger partial charge in [0.05, 0.1) is 0 Å². The molecule has 1 aromatic rings. The predicted octanol–water partition coefficient (Wildman–Crippen LogP) is 4.75. The van der Waals surface area contributed by atoms with Gasteiger partial charge in [0.1, 0.15) is 4.75 Å². The van der Waals surface area contributed by atoms with E-state index in [-0.39, 0.29) is 5.56 Å². The average molecular weight is 386 g/mol. The maximum atomic E-state index is 13.4. The summed E-state index contributed by atoms with van der Waals surface area (Å²) in [6, 6.07) is 2.56. The molecule has 7 heteroatoms. The van der Waals surface area contributed by atoms with Gasteiger partial charge in [-0.05, 0) is 44.9 Å². The van der Waals surface area contributed by atoms with Crippen molar-refractivity contribution in [2.24, 2.45) is 0 Å². The summed E-state index contributed by atoms with van der Waals surface area (Å²) in [6.07, 6.45) is -4.50. The monoisotopic (exact) mass is 385 g/mol. The summed E-state index contributed by atoms with van der Waals surface area (Å²) in [5.41, 5.74) is 0.792. The Kier molecular flexibility index (Phi) is 5.80. The van der Waals surface area contributed by atoms with Crippen LogP contribution in [0.5, 0.6) is 0 Å². The van der Waals surface area contributed by atoms with Crippen molar-refractivity contribution in [1.29, 1.82) is 0 Å². The van der Waals surface area contributed by atoms with E-state index < -0.39 is 28.3 Å². The first kappa shape index (κ1) is 18.8. The Labute approximate surface area is 135 Å². The molecule has 0 aliphatic carbocycles. The molecule has 0 bridgehead atoms. The topological polar surface area (TPSA) is 26.3 Å². The molecule has 0 radical (unpaired) electrons. The van der Waals surface area contributed by atoms with Crippen molar-refractivity contribution in [2.75, 3.05) is 7.05 Å². The number of halogens is 4. The van der Waals surface area contributed by atoms with Crippen molar-refractivity contribution >= 4 is 27.3 Å². The highest BCUT2D eigenvalue weighted by Crippen LogP contribution is 2.41. The number of rotatable bonds is 3. The van der Waals surface area contributed by atoms with Crippen LogP contribution >= 0.6 is 15.9 Å². The summed E-state index contributed by atoms with van der Waals surface area (Å²) >= 11 is 1.50. The quantitative estimate of drug-likeness (QED) is 0.701. The minimum absolute atomic E-state index is 0.0864. The number of alkyl halides is 3. The molecule has 0 aromatic heterocycles. The van der Waals surface area contributed by atoms with Crippen LogP contribution < -0.4 is 0 Å². The van der Waals surface area contributed by atoms with E-state index in [1.807, 2.05) is 0 Å². The van der Waals surface area contributed by atoms with Crippen LogP contribution in [-0.2, 0) is 11.4 Å². The van der Waals surface area contributed by atoms with Crippen molar-refractivity contribution < 1.29 is 17.7 Å². The highest BCUT2D eigenvalue weighted by molar-refractivity contribution is 9.10. The van der Waals surface area contributed by atoms with Crippen molar-refractivity contribution in [2.45, 2.75) is 44.7 Å². The molecule has 0 saturated carbocycles. The van der Waals surface area contributed by atoms with E-state index in [1.165, 1.54) is 19.2 Å². The van der Waals surface area contributed by atoms with Gasteiger partial charge in [0.15, 0.2) is 6.04 Å². The van der Waals surface area contributed by atoms with Crippen molar-refractivity contribution in [3.05, 3.63) is 33.8 Å². The first-order chi connectivity index (χ1) is 9.35. The number of aryl methyl sites for hydroxylation is 1. The average Bonchev–Trinajstić information content (AvgIpc) is 2.30. The molecule has 0 spiro atoms. The second-order valence-electron chi connectivity index (χ2n) is 5.86. The summed E-state index contributed by atoms with van der Waals surface area (Å²) in [4.78, 5) is 0. The van der Waals surface area contributed by atoms with E-state index in [9.17, 15) is 17.7 Å². The third-order valence-electron chi connectivity index (χ3n) is 2.96. The van der Waals surface area contributed by atoms with Gasteiger partial charge in [-0.2, -0.15) is 13.2 Å². The van der Waals surface area contributed by atoms with E-state index in [0.29, 0.717) is 5.56 Å². The van der Waals surface area contributed by atoms with E-state index in [1.54, 1.807) is 33.8 Å². The van der Waals surface area contributed by atoms with Crippen LogP contribution in [0.4, 0.5) is 13.2 Å². The summed E-state index contributed by atoms with van der Waals surface area (Å²) in [6.45, 7) is 6.68. The molecular formula is C14H19BrF3NOS. The van der Waals surface area contributed by atoms with Gasteiger partial charge in [-0.3, -0.25) is 0 Å². The lowest BCUT2D eigenvalue weighted by Crippen LogP contribution is -2.46. The van der Waals surface area contributed by atoms with Gasteiger partial charge in [0.25, 0.3) is 0 Å². The maximum absolute atomic E-state index is 13.4. The number of nitrogens with zero attached hydrogens (tertiary/aromatic N) is 1. The first-order valence-corrected chi connectivity index (χ1v) is 8.23. The number of benzene rings is 1. The highest BCUT2D eigenvalue weighted by Gasteiger charge is 2.50. The molecule has 0 amide bonds. The van der Waals surface area contributed by atoms with Gasteiger partial charge in [0, 0.05) is 22.9 Å². The Hall–Kier alpha value is -0.240. The molecule has 2 nitrogen and oxygen atoms in total. The summed E-state index contributed by atoms with van der Waals surface area (Å²) in [7, 11) is 1.25. The molecular weight excluding hydrogens is 367 g/mol. The molecule has 2 atom stereocenters. The zero-order valence-corrected chi connectivity index (χ0v) is 15.0. The Morgan fingerprint density at radius 3 is 2.14 bits per heavy atom. The largest absolute Gasteiger partial charge is 0.597 e. The number of hydrogen-bond donors (Lipinski definition) is 0. The molecule has 1 unspecified atom stereocenters. The Morgan fingerprint density at radius 1 is 1.24 bits per heavy atom. The van der Waals surface area contributed by atoms with Crippen molar-refractivity contribution in [3.8, 4) is 0 Å². The first-order valence-electron chi connectivity index (χ1n) is 6.33. The molecule has 1 rings (SSSR count). The zero-order valence-electron chi connectivity index (χ0n) is 12.6. The van der Waals surface area contributed by atoms with E-state index in [2.05, 4.69) is 15.9 Å². The second kappa shape index (κ2) is 6.48. The molecule has 120 valence electrons. The Bertz CT molecular complexity index is 502. The van der Waals surface area contributed by atoms with Gasteiger partial charge in [-0.25, -0.2) is 0 Å². The minimum atomic E-state index is -4.50. The summed E-state index contributed by atoms with van der Waals surface area (Å²) < 4.78 is 53.5. The highest BCUT2D eigenvalue weighted by atomic mass is 79.9. The van der Waals surface area contributed by atoms with Crippen LogP contribution in [0.15, 0.2) is 22.7 Å². The lowest BCUT2D eigenvalue weighted by molar-refractivity contribution is -0.171. The van der Waals surface area contributed by atoms with Crippen LogP contribution in [-0.4, -0.2) is 26.8 Å². The molecule has 0 N–H and O–H groups in total. The van der Waals surface area contributed by atoms with Crippen LogP contribution in [0.2, 0.25) is 0 Å². The lowest BCUT2D eigenvalue weighted by atomic mass is 10.0. The standard InChI is InChI=1S/C14H19BrF3NOS/c1-9-8-10(6-7-11(9)15)12(14(16,17)18)19(5)21(20)13(2,3)4/h6-8,12H,1-5H3/t12-,21?/m0/s1. The molecule has 1 aromatic carbocycles. The Balaban J connectivity index is 3.27. The van der Waals surface area contributed by atoms with E-state index in [4.69, 9.17) is 0 Å². The van der Waals surface area contributed by atoms with Crippen molar-refractivity contribution in [1.82, 2.24) is 4.31 Å². The summed E-state index contributed by atoms with van der Waals surface area (Å²) in [5.74, 6) is 0. The van der Waals surface area contributed by atoms with Crippen LogP contribution in [0.1, 0.15) is 37.9 Å². The lowest BCUT2D eigenvalue weighted by Gasteiger charge is -2.36. The molecule has 0 aliphatic rings. The molecule has 0 heterocycles. The molecule has 0 aliphatic heterocycles. The summed E-state index contributed by atoms with van der Waals surface area (Å²) in [5, 5.41) is 0. The Morgan fingerprint density at radius 2 is 1.76 bits per heavy atom.